The average Bonchev–Trinajstić information content (AvgIpc) is 1.29. The second kappa shape index (κ2) is 49.4. The Hall–Kier alpha value is -4.17. The van der Waals surface area contributed by atoms with Crippen LogP contribution in [0.2, 0.25) is 26.2 Å². The van der Waals surface area contributed by atoms with Crippen LogP contribution >= 0.6 is 145 Å². The molecule has 10 aromatic rings. The first-order valence-corrected chi connectivity index (χ1v) is 48.7. The van der Waals surface area contributed by atoms with Gasteiger partial charge in [-0.2, -0.15) is 59.0 Å². The summed E-state index contributed by atoms with van der Waals surface area (Å²) in [7, 11) is 0. The molecule has 17 heterocycles. The molecule has 3 unspecified atom stereocenters. The maximum atomic E-state index is 6.31. The van der Waals surface area contributed by atoms with Gasteiger partial charge in [0, 0.05) is 116 Å². The predicted molar refractivity (Wildman–Crippen MR) is 499 cm³/mol. The third-order valence-electron chi connectivity index (χ3n) is 22.8. The van der Waals surface area contributed by atoms with Crippen molar-refractivity contribution in [2.24, 2.45) is 5.73 Å². The van der Waals surface area contributed by atoms with Crippen LogP contribution in [0.5, 0.6) is 0 Å². The zero-order valence-electron chi connectivity index (χ0n) is 69.6. The number of hydrogen-bond donors (Lipinski definition) is 6. The number of nitrogen functional groups attached to an aromatic ring is 1. The van der Waals surface area contributed by atoms with E-state index in [2.05, 4.69) is 153 Å². The third-order valence-corrected chi connectivity index (χ3v) is 27.6. The van der Waals surface area contributed by atoms with Gasteiger partial charge in [0.05, 0.1) is 85.4 Å². The molecule has 10 aromatic heterocycles. The standard InChI is InChI=1S/C24H33BrN8O2S.C20H28BrClN6O2.C10H9BrCl2N4O.C10H20N2O.C5HBrCl2N4.C5H8O.C4H6N2S.CH3.Pd/c1-15-14-18(36-31-15)27-24-28-22(26-16-5-7-17(8-6-16)32-9-12-34-13-10-32)20-21(25)30-33(23(20)29-24)19-4-2-3-11-35-19;21-17-16-18(23-13-4-6-14(7-5-13)27-8-11-29-12-9-27)24-20(22)25-19(16)28(26-17)15-3-1-2-10-30-15;11-7-6-8(12)14-10(13)15-9(6)17(16-7)5-3-1-2-4-18-5;11-9-1-3-10(4-2-9)12-5-7-13-8-6-12;6-2-1-3(7)9-5(8)10-4(1)12-11-2;1-2-4-6-5-3-1;1-3-2-4(5)7-6-3;;/h14,16-17,19H,2-13H2,1H3,(H2,26,27,28,29);13-15H,1-12H2,(H,23,24,25);5H,1-4H2;9-10H,1-8,11H2;(H,9,10,11,12);2,4H,1,3,5H2;2H,5H2,1H3;1H3;/q;;;;;;;-1;. The molecule has 9 fully saturated rings. The molecule has 8 N–H and O–H groups in total. The molecule has 3 saturated carbocycles. The largest absolute Gasteiger partial charge is 0.502 e. The van der Waals surface area contributed by atoms with E-state index in [1.165, 1.54) is 87.3 Å². The molecule has 3 atom stereocenters. The summed E-state index contributed by atoms with van der Waals surface area (Å²) < 4.78 is 55.5. The van der Waals surface area contributed by atoms with E-state index in [1.807, 2.05) is 41.4 Å². The number of anilines is 5. The van der Waals surface area contributed by atoms with E-state index < -0.39 is 0 Å². The van der Waals surface area contributed by atoms with Crippen LogP contribution in [0.15, 0.2) is 42.9 Å². The van der Waals surface area contributed by atoms with E-state index >= 15 is 0 Å². The summed E-state index contributed by atoms with van der Waals surface area (Å²) in [4.78, 5) is 42.3. The van der Waals surface area contributed by atoms with Gasteiger partial charge < -0.3 is 68.0 Å². The SMILES string of the molecule is C1=COCCC1.Cc1cc(N)sn1.Cc1cc(Nc2nc(NC3CCC(N4CCOCC4)CC3)c3c(Br)nn(C4CCCCO4)c3n2)sn1.Clc1nc(Cl)c2c(Br)[nH]nc2n1.Clc1nc(Cl)c2c(Br)nn(C3CCCCO3)c2n1.Clc1nc(NC2CCC(N3CCOCC3)CC2)c2c(Br)nn(C3CCCCO3)c2n1.NC1CCC(N2CCOCC2)CC1.[CH3-].[Pd]. The Labute approximate surface area is 802 Å². The van der Waals surface area contributed by atoms with E-state index in [1.54, 1.807) is 10.9 Å². The fraction of sp³-hybridized carbons (Fsp3) is 0.633. The number of hydrogen-bond acceptors (Lipinski definition) is 31. The van der Waals surface area contributed by atoms with Crippen molar-refractivity contribution in [1.82, 2.24) is 103 Å². The molecule has 20 rings (SSSR count). The number of nitrogens with one attached hydrogen (secondary N) is 4. The van der Waals surface area contributed by atoms with Gasteiger partial charge in [0.2, 0.25) is 21.8 Å². The number of aromatic amines is 1. The minimum absolute atomic E-state index is 0. The van der Waals surface area contributed by atoms with Crippen molar-refractivity contribution in [2.75, 3.05) is 127 Å². The molecule has 0 bridgehead atoms. The first-order valence-electron chi connectivity index (χ1n) is 42.1. The molecular weight excluding hydrogens is 2090 g/mol. The molecule has 0 radical (unpaired) electrons. The molecule has 6 saturated heterocycles. The molecule has 10 aliphatic rings. The number of morpholine rings is 3. The molecular formula is C79H108Br4Cl5N26O7PdS2-. The monoisotopic (exact) mass is 2190 g/mol. The molecule has 45 heteroatoms. The molecule has 682 valence electrons. The number of rotatable bonds is 12. The topological polar surface area (TPSA) is 373 Å². The van der Waals surface area contributed by atoms with Crippen LogP contribution in [-0.2, 0) is 53.6 Å². The summed E-state index contributed by atoms with van der Waals surface area (Å²) in [5.41, 5.74) is 15.7. The van der Waals surface area contributed by atoms with Gasteiger partial charge in [0.1, 0.15) is 50.4 Å². The second-order valence-electron chi connectivity index (χ2n) is 31.3. The molecule has 0 spiro atoms. The van der Waals surface area contributed by atoms with Crippen LogP contribution < -0.4 is 27.4 Å². The number of fused-ring (bicyclic) bond motifs is 4. The van der Waals surface area contributed by atoms with Crippen LogP contribution in [0.25, 0.3) is 44.1 Å². The Balaban J connectivity index is 0.000000142. The van der Waals surface area contributed by atoms with Crippen molar-refractivity contribution < 1.29 is 53.6 Å². The summed E-state index contributed by atoms with van der Waals surface area (Å²) in [5.74, 6) is 2.11. The van der Waals surface area contributed by atoms with E-state index in [9.17, 15) is 0 Å². The van der Waals surface area contributed by atoms with Gasteiger partial charge in [0.25, 0.3) is 0 Å². The Morgan fingerprint density at radius 1 is 0.468 bits per heavy atom. The smallest absolute Gasteiger partial charge is 0.231 e. The van der Waals surface area contributed by atoms with Gasteiger partial charge in [-0.25, -0.2) is 24.0 Å². The first-order chi connectivity index (χ1) is 59.3. The van der Waals surface area contributed by atoms with Gasteiger partial charge >= 0.3 is 0 Å². The number of nitrogens with two attached hydrogens (primary N) is 2. The zero-order chi connectivity index (χ0) is 85.0. The van der Waals surface area contributed by atoms with Crippen LogP contribution in [0, 0.1) is 21.3 Å². The number of aryl methyl sites for hydroxylation is 2. The van der Waals surface area contributed by atoms with E-state index in [4.69, 9.17) is 118 Å². The van der Waals surface area contributed by atoms with E-state index in [0.29, 0.717) is 72.6 Å². The molecule has 33 nitrogen and oxygen atoms in total. The molecule has 7 aliphatic heterocycles. The quantitative estimate of drug-likeness (QED) is 0.0286. The summed E-state index contributed by atoms with van der Waals surface area (Å²) >= 11 is 46.2. The van der Waals surface area contributed by atoms with Gasteiger partial charge in [-0.1, -0.05) is 23.2 Å². The predicted octanol–water partition coefficient (Wildman–Crippen LogP) is 18.2. The van der Waals surface area contributed by atoms with Crippen LogP contribution in [0.1, 0.15) is 178 Å². The first kappa shape index (κ1) is 98.9. The maximum absolute atomic E-state index is 6.31. The molecule has 0 amide bonds. The zero-order valence-corrected chi connectivity index (χ0v) is 82.9. The number of aromatic nitrogens is 18. The summed E-state index contributed by atoms with van der Waals surface area (Å²) in [6, 6.07) is 7.18. The fourth-order valence-electron chi connectivity index (χ4n) is 16.6. The van der Waals surface area contributed by atoms with Crippen molar-refractivity contribution in [3.8, 4) is 0 Å². The number of nitrogens with zero attached hydrogens (tertiary/aromatic N) is 20. The van der Waals surface area contributed by atoms with Crippen LogP contribution in [-0.4, -0.2) is 244 Å². The number of halogens is 9. The van der Waals surface area contributed by atoms with Gasteiger partial charge in [-0.05, 0) is 301 Å². The Morgan fingerprint density at radius 3 is 1.30 bits per heavy atom. The molecule has 0 aromatic carbocycles. The summed E-state index contributed by atoms with van der Waals surface area (Å²) in [6.45, 7) is 18.8. The van der Waals surface area contributed by atoms with Crippen LogP contribution in [0.4, 0.5) is 27.6 Å². The van der Waals surface area contributed by atoms with Gasteiger partial charge in [0.15, 0.2) is 41.3 Å². The minimum atomic E-state index is -0.116. The summed E-state index contributed by atoms with van der Waals surface area (Å²) in [5, 5.41) is 36.9. The molecule has 124 heavy (non-hydrogen) atoms. The Kier molecular flexibility index (Phi) is 39.4. The maximum Gasteiger partial charge on any atom is 0.231 e. The fourth-order valence-corrected chi connectivity index (χ4v) is 21.2. The Bertz CT molecular complexity index is 4980. The van der Waals surface area contributed by atoms with Crippen molar-refractivity contribution in [3.05, 3.63) is 87.9 Å². The third kappa shape index (κ3) is 27.3. The normalized spacial score (nSPS) is 23.9. The average molecular weight is 2200 g/mol. The van der Waals surface area contributed by atoms with Crippen molar-refractivity contribution >= 4 is 217 Å². The van der Waals surface area contributed by atoms with Crippen molar-refractivity contribution in [3.63, 3.8) is 0 Å². The molecule has 3 aliphatic carbocycles. The van der Waals surface area contributed by atoms with E-state index in [0.717, 1.165) is 259 Å². The van der Waals surface area contributed by atoms with Gasteiger partial charge in [-0.3, -0.25) is 19.8 Å². The van der Waals surface area contributed by atoms with Crippen molar-refractivity contribution in [1.29, 1.82) is 0 Å². The number of ether oxygens (including phenoxy) is 7. The number of H-pyrrole nitrogens is 1. The van der Waals surface area contributed by atoms with Crippen LogP contribution in [0.3, 0.4) is 0 Å². The van der Waals surface area contributed by atoms with E-state index in [-0.39, 0.29) is 67.5 Å². The van der Waals surface area contributed by atoms with Gasteiger partial charge in [-0.15, -0.1) is 0 Å². The Morgan fingerprint density at radius 2 is 0.895 bits per heavy atom. The summed E-state index contributed by atoms with van der Waals surface area (Å²) in [6.07, 6.45) is 29.5. The number of allylic oxidation sites excluding steroid dienone is 1. The minimum Gasteiger partial charge on any atom is -0.502 e. The van der Waals surface area contributed by atoms with Crippen molar-refractivity contribution in [2.45, 2.75) is 216 Å². The second-order valence-corrected chi connectivity index (χ2v) is 37.8.